The highest BCUT2D eigenvalue weighted by Crippen LogP contribution is 2.29. The number of aliphatic hydroxyl groups is 1. The summed E-state index contributed by atoms with van der Waals surface area (Å²) in [5.74, 6) is 0.585. The van der Waals surface area contributed by atoms with Gasteiger partial charge in [0.2, 0.25) is 0 Å². The van der Waals surface area contributed by atoms with Crippen LogP contribution in [0.25, 0.3) is 0 Å². The van der Waals surface area contributed by atoms with Gasteiger partial charge in [-0.15, -0.1) is 0 Å². The summed E-state index contributed by atoms with van der Waals surface area (Å²) in [4.78, 5) is 11.5. The molecular formula is C17H20O2. The molecule has 0 saturated carbocycles. The molecule has 0 amide bonds. The maximum atomic E-state index is 11.5. The standard InChI is InChI=1S/C17H20O2/c1-12(18)16-10-4-8-14(16)6-3-7-15-9-5-11-17(15)13(2)19/h4-5,8-11,16,19H,3,6-7H2,1-2H3. The van der Waals surface area contributed by atoms with Crippen LogP contribution in [0.5, 0.6) is 0 Å². The van der Waals surface area contributed by atoms with Crippen molar-refractivity contribution in [3.8, 4) is 0 Å². The minimum absolute atomic E-state index is 0.00901. The number of rotatable bonds is 5. The van der Waals surface area contributed by atoms with Gasteiger partial charge in [-0.25, -0.2) is 0 Å². The van der Waals surface area contributed by atoms with E-state index in [0.29, 0.717) is 5.76 Å². The zero-order valence-electron chi connectivity index (χ0n) is 11.5. The van der Waals surface area contributed by atoms with Crippen LogP contribution in [0.15, 0.2) is 58.9 Å². The maximum Gasteiger partial charge on any atom is 0.140 e. The van der Waals surface area contributed by atoms with E-state index >= 15 is 0 Å². The van der Waals surface area contributed by atoms with Crippen LogP contribution in [0.1, 0.15) is 33.1 Å². The summed E-state index contributed by atoms with van der Waals surface area (Å²) >= 11 is 0. The van der Waals surface area contributed by atoms with Gasteiger partial charge in [0.05, 0.1) is 11.7 Å². The fraction of sp³-hybridized carbons (Fsp3) is 0.353. The van der Waals surface area contributed by atoms with Crippen LogP contribution in [-0.4, -0.2) is 10.9 Å². The van der Waals surface area contributed by atoms with Crippen molar-refractivity contribution in [2.24, 2.45) is 5.92 Å². The van der Waals surface area contributed by atoms with E-state index in [1.165, 1.54) is 11.1 Å². The number of hydrogen-bond donors (Lipinski definition) is 1. The molecule has 0 aliphatic heterocycles. The summed E-state index contributed by atoms with van der Waals surface area (Å²) in [7, 11) is 0. The quantitative estimate of drug-likeness (QED) is 0.749. The van der Waals surface area contributed by atoms with Crippen LogP contribution in [-0.2, 0) is 4.79 Å². The average molecular weight is 256 g/mol. The second-order valence-electron chi connectivity index (χ2n) is 5.12. The largest absolute Gasteiger partial charge is 0.512 e. The second-order valence-corrected chi connectivity index (χ2v) is 5.12. The molecule has 1 atom stereocenters. The summed E-state index contributed by atoms with van der Waals surface area (Å²) in [6.45, 7) is 3.36. The van der Waals surface area contributed by atoms with Crippen molar-refractivity contribution in [2.75, 3.05) is 0 Å². The highest BCUT2D eigenvalue weighted by Gasteiger charge is 2.19. The number of allylic oxidation sites excluding steroid dienone is 10. The molecule has 0 aromatic rings. The van der Waals surface area contributed by atoms with E-state index in [1.807, 2.05) is 24.3 Å². The molecule has 0 bridgehead atoms. The average Bonchev–Trinajstić information content (AvgIpc) is 2.96. The summed E-state index contributed by atoms with van der Waals surface area (Å²) in [6.07, 6.45) is 14.8. The van der Waals surface area contributed by atoms with Crippen LogP contribution in [0.3, 0.4) is 0 Å². The second kappa shape index (κ2) is 5.87. The molecule has 1 unspecified atom stereocenters. The van der Waals surface area contributed by atoms with Crippen molar-refractivity contribution in [1.82, 2.24) is 0 Å². The van der Waals surface area contributed by atoms with Gasteiger partial charge < -0.3 is 5.11 Å². The SMILES string of the molecule is CC(=O)C1C=CC=C1CCCC1=CC=CC1=C(C)O. The van der Waals surface area contributed by atoms with E-state index < -0.39 is 0 Å². The van der Waals surface area contributed by atoms with Gasteiger partial charge in [-0.05, 0) is 38.7 Å². The molecule has 0 saturated heterocycles. The number of aliphatic hydroxyl groups excluding tert-OH is 1. The van der Waals surface area contributed by atoms with Crippen LogP contribution in [0.4, 0.5) is 0 Å². The minimum Gasteiger partial charge on any atom is -0.512 e. The van der Waals surface area contributed by atoms with Crippen LogP contribution in [0, 0.1) is 5.92 Å². The number of hydrogen-bond acceptors (Lipinski definition) is 2. The number of Topliss-reactive ketones (excluding diaryl/α,β-unsaturated/α-hetero) is 1. The lowest BCUT2D eigenvalue weighted by atomic mass is 9.93. The van der Waals surface area contributed by atoms with Crippen molar-refractivity contribution >= 4 is 5.78 Å². The van der Waals surface area contributed by atoms with Crippen molar-refractivity contribution < 1.29 is 9.90 Å². The monoisotopic (exact) mass is 256 g/mol. The van der Waals surface area contributed by atoms with E-state index in [1.54, 1.807) is 13.8 Å². The van der Waals surface area contributed by atoms with Gasteiger partial charge in [-0.3, -0.25) is 4.79 Å². The first kappa shape index (κ1) is 13.6. The van der Waals surface area contributed by atoms with Gasteiger partial charge >= 0.3 is 0 Å². The van der Waals surface area contributed by atoms with Crippen molar-refractivity contribution in [1.29, 1.82) is 0 Å². The molecule has 2 heteroatoms. The Morgan fingerprint density at radius 1 is 1.21 bits per heavy atom. The van der Waals surface area contributed by atoms with Crippen LogP contribution in [0.2, 0.25) is 0 Å². The van der Waals surface area contributed by atoms with Gasteiger partial charge in [0, 0.05) is 5.57 Å². The summed E-state index contributed by atoms with van der Waals surface area (Å²) < 4.78 is 0. The number of ketones is 1. The van der Waals surface area contributed by atoms with Gasteiger partial charge in [0.25, 0.3) is 0 Å². The van der Waals surface area contributed by atoms with Crippen LogP contribution < -0.4 is 0 Å². The van der Waals surface area contributed by atoms with Crippen LogP contribution >= 0.6 is 0 Å². The molecule has 0 spiro atoms. The number of carbonyl (C=O) groups excluding carboxylic acids is 1. The molecule has 2 rings (SSSR count). The Balaban J connectivity index is 1.86. The molecule has 2 nitrogen and oxygen atoms in total. The Kier molecular flexibility index (Phi) is 4.20. The van der Waals surface area contributed by atoms with E-state index in [2.05, 4.69) is 12.2 Å². The Morgan fingerprint density at radius 2 is 2.00 bits per heavy atom. The van der Waals surface area contributed by atoms with E-state index in [0.717, 1.165) is 24.8 Å². The van der Waals surface area contributed by atoms with Crippen molar-refractivity contribution in [3.05, 3.63) is 58.9 Å². The lowest BCUT2D eigenvalue weighted by Gasteiger charge is -2.11. The summed E-state index contributed by atoms with van der Waals surface area (Å²) in [5, 5.41) is 9.57. The number of carbonyl (C=O) groups is 1. The van der Waals surface area contributed by atoms with E-state index in [4.69, 9.17) is 0 Å². The maximum absolute atomic E-state index is 11.5. The molecule has 1 N–H and O–H groups in total. The molecule has 0 aromatic heterocycles. The highest BCUT2D eigenvalue weighted by molar-refractivity contribution is 5.84. The third-order valence-corrected chi connectivity index (χ3v) is 3.66. The lowest BCUT2D eigenvalue weighted by Crippen LogP contribution is -2.08. The van der Waals surface area contributed by atoms with E-state index in [9.17, 15) is 9.90 Å². The van der Waals surface area contributed by atoms with Gasteiger partial charge in [0.15, 0.2) is 0 Å². The van der Waals surface area contributed by atoms with Gasteiger partial charge in [-0.2, -0.15) is 0 Å². The first-order chi connectivity index (χ1) is 9.09. The Labute approximate surface area is 114 Å². The molecule has 19 heavy (non-hydrogen) atoms. The molecule has 0 heterocycles. The van der Waals surface area contributed by atoms with Crippen molar-refractivity contribution in [3.63, 3.8) is 0 Å². The zero-order chi connectivity index (χ0) is 13.8. The first-order valence-electron chi connectivity index (χ1n) is 6.74. The van der Waals surface area contributed by atoms with Gasteiger partial charge in [0.1, 0.15) is 5.78 Å². The van der Waals surface area contributed by atoms with Crippen molar-refractivity contribution in [2.45, 2.75) is 33.1 Å². The van der Waals surface area contributed by atoms with E-state index in [-0.39, 0.29) is 11.7 Å². The summed E-state index contributed by atoms with van der Waals surface area (Å²) in [6, 6.07) is 0. The normalized spacial score (nSPS) is 23.6. The Hall–Kier alpha value is -1.83. The Bertz CT molecular complexity index is 523. The molecule has 2 aliphatic carbocycles. The molecule has 0 aromatic carbocycles. The fourth-order valence-electron chi connectivity index (χ4n) is 2.66. The smallest absolute Gasteiger partial charge is 0.140 e. The minimum atomic E-state index is -0.00901. The molecule has 0 radical (unpaired) electrons. The fourth-order valence-corrected chi connectivity index (χ4v) is 2.66. The predicted molar refractivity (Wildman–Crippen MR) is 77.8 cm³/mol. The lowest BCUT2D eigenvalue weighted by molar-refractivity contribution is -0.118. The molecule has 0 fully saturated rings. The first-order valence-corrected chi connectivity index (χ1v) is 6.74. The molecule has 100 valence electrons. The summed E-state index contributed by atoms with van der Waals surface area (Å²) in [5.41, 5.74) is 3.35. The third-order valence-electron chi connectivity index (χ3n) is 3.66. The molecular weight excluding hydrogens is 236 g/mol. The topological polar surface area (TPSA) is 37.3 Å². The molecule has 2 aliphatic rings. The Morgan fingerprint density at radius 3 is 2.68 bits per heavy atom. The predicted octanol–water partition coefficient (Wildman–Crippen LogP) is 4.19. The third kappa shape index (κ3) is 3.14. The van der Waals surface area contributed by atoms with Gasteiger partial charge in [-0.1, -0.05) is 42.0 Å². The highest BCUT2D eigenvalue weighted by atomic mass is 16.3. The zero-order valence-corrected chi connectivity index (χ0v) is 11.5.